The van der Waals surface area contributed by atoms with Crippen LogP contribution < -0.4 is 59.1 Å². The van der Waals surface area contributed by atoms with Crippen LogP contribution in [0.25, 0.3) is 0 Å². The molecule has 11 heteroatoms. The quantitative estimate of drug-likeness (QED) is 0.338. The first-order valence-electron chi connectivity index (χ1n) is 2.51. The van der Waals surface area contributed by atoms with Gasteiger partial charge in [0, 0.05) is 0 Å². The molecule has 3 N–H and O–H groups in total. The summed E-state index contributed by atoms with van der Waals surface area (Å²) in [4.78, 5) is 24.6. The van der Waals surface area contributed by atoms with E-state index in [0.717, 1.165) is 0 Å². The van der Waals surface area contributed by atoms with E-state index in [1.807, 2.05) is 0 Å². The third-order valence-corrected chi connectivity index (χ3v) is 2.76. The van der Waals surface area contributed by atoms with E-state index in [0.29, 0.717) is 0 Å². The number of hydrogen-bond acceptors (Lipinski definition) is 4. The van der Waals surface area contributed by atoms with Gasteiger partial charge in [-0.15, -0.1) is 0 Å². The Labute approximate surface area is 123 Å². The molecule has 0 aromatic rings. The molecule has 0 amide bonds. The first kappa shape index (κ1) is 20.6. The predicted molar refractivity (Wildman–Crippen MR) is 36.8 cm³/mol. The van der Waals surface area contributed by atoms with Crippen molar-refractivity contribution in [2.75, 3.05) is 6.61 Å². The minimum atomic E-state index is -4.96. The average Bonchev–Trinajstić information content (AvgIpc) is 1.55. The maximum absolute atomic E-state index is 10.4. The van der Waals surface area contributed by atoms with Gasteiger partial charge in [-0.25, -0.2) is 9.13 Å². The Morgan fingerprint density at radius 1 is 1.23 bits per heavy atom. The minimum absolute atomic E-state index is 0. The Balaban J connectivity index is -0.0000000833. The van der Waals surface area contributed by atoms with E-state index in [9.17, 15) is 9.13 Å². The van der Waals surface area contributed by atoms with Crippen molar-refractivity contribution < 1.29 is 94.6 Å². The fraction of sp³-hybridized carbons (Fsp3) is 1.00. The van der Waals surface area contributed by atoms with Crippen molar-refractivity contribution in [2.45, 2.75) is 6.92 Å². The molecule has 0 saturated carbocycles. The molecule has 0 aliphatic carbocycles. The summed E-state index contributed by atoms with van der Waals surface area (Å²) in [5.74, 6) is 0. The van der Waals surface area contributed by atoms with Crippen molar-refractivity contribution in [3.05, 3.63) is 0 Å². The standard InChI is InChI=1S/C2H8O7P2.2Na.2H/c1-2-8-11(6,7)9-10(3,4)5;;;;/h2H2,1H3,(H,6,7)(H2,3,4,5);;;;/q;2*+1;2*-1. The second kappa shape index (κ2) is 8.42. The first-order valence-corrected chi connectivity index (χ1v) is 5.53. The summed E-state index contributed by atoms with van der Waals surface area (Å²) in [5.41, 5.74) is 0. The number of phosphoric ester groups is 1. The smallest absolute Gasteiger partial charge is 1.00 e. The molecule has 0 rings (SSSR count). The van der Waals surface area contributed by atoms with Gasteiger partial charge in [-0.3, -0.25) is 4.52 Å². The van der Waals surface area contributed by atoms with Gasteiger partial charge in [0.2, 0.25) is 0 Å². The topological polar surface area (TPSA) is 113 Å². The van der Waals surface area contributed by atoms with Crippen molar-refractivity contribution >= 4 is 15.6 Å². The molecule has 0 fully saturated rings. The van der Waals surface area contributed by atoms with E-state index < -0.39 is 15.6 Å². The van der Waals surface area contributed by atoms with Gasteiger partial charge in [-0.05, 0) is 6.92 Å². The largest absolute Gasteiger partial charge is 1.00 e. The second-order valence-corrected chi connectivity index (χ2v) is 4.29. The van der Waals surface area contributed by atoms with Gasteiger partial charge in [0.25, 0.3) is 0 Å². The van der Waals surface area contributed by atoms with Gasteiger partial charge in [0.05, 0.1) is 6.61 Å². The fourth-order valence-corrected chi connectivity index (χ4v) is 1.91. The average molecular weight is 254 g/mol. The molecule has 0 spiro atoms. The van der Waals surface area contributed by atoms with Gasteiger partial charge >= 0.3 is 74.8 Å². The molecule has 0 aliphatic heterocycles. The van der Waals surface area contributed by atoms with Crippen molar-refractivity contribution in [3.63, 3.8) is 0 Å². The summed E-state index contributed by atoms with van der Waals surface area (Å²) >= 11 is 0. The number of hydrogen-bond donors (Lipinski definition) is 3. The van der Waals surface area contributed by atoms with Crippen molar-refractivity contribution in [2.24, 2.45) is 0 Å². The van der Waals surface area contributed by atoms with Crippen LogP contribution in [0, 0.1) is 0 Å². The van der Waals surface area contributed by atoms with Crippen LogP contribution >= 0.6 is 15.6 Å². The molecule has 0 saturated heterocycles. The summed E-state index contributed by atoms with van der Waals surface area (Å²) in [6, 6.07) is 0. The fourth-order valence-electron chi connectivity index (χ4n) is 0.321. The third-order valence-electron chi connectivity index (χ3n) is 0.502. The van der Waals surface area contributed by atoms with Crippen molar-refractivity contribution in [3.8, 4) is 0 Å². The second-order valence-electron chi connectivity index (χ2n) is 1.46. The Bertz CT molecular complexity index is 221. The number of phosphoric acid groups is 2. The molecule has 0 aromatic heterocycles. The molecule has 1 atom stereocenters. The molecule has 13 heavy (non-hydrogen) atoms. The zero-order chi connectivity index (χ0) is 9.12. The molecule has 0 bridgehead atoms. The molecule has 0 radical (unpaired) electrons. The Hall–Kier alpha value is 2.26. The normalized spacial score (nSPS) is 15.1. The molecular weight excluding hydrogens is 244 g/mol. The van der Waals surface area contributed by atoms with Crippen molar-refractivity contribution in [1.29, 1.82) is 0 Å². The van der Waals surface area contributed by atoms with E-state index in [1.165, 1.54) is 6.92 Å². The SMILES string of the molecule is CCOP(=O)(O)OP(=O)(O)O.[H-].[H-].[Na+].[Na+]. The monoisotopic (exact) mass is 254 g/mol. The van der Waals surface area contributed by atoms with Gasteiger partial charge in [-0.2, -0.15) is 4.31 Å². The zero-order valence-electron chi connectivity index (χ0n) is 9.58. The minimum Gasteiger partial charge on any atom is -1.00 e. The summed E-state index contributed by atoms with van der Waals surface area (Å²) in [6.07, 6.45) is 0. The molecule has 72 valence electrons. The van der Waals surface area contributed by atoms with Gasteiger partial charge in [-0.1, -0.05) is 0 Å². The van der Waals surface area contributed by atoms with Crippen molar-refractivity contribution in [1.82, 2.24) is 0 Å². The van der Waals surface area contributed by atoms with Crippen LogP contribution in [0.4, 0.5) is 0 Å². The first-order chi connectivity index (χ1) is 4.77. The predicted octanol–water partition coefficient (Wildman–Crippen LogP) is -5.53. The van der Waals surface area contributed by atoms with Crippen LogP contribution in [-0.4, -0.2) is 21.3 Å². The maximum Gasteiger partial charge on any atom is 1.00 e. The van der Waals surface area contributed by atoms with Crippen LogP contribution in [0.3, 0.4) is 0 Å². The molecular formula is C2H10Na2O7P2. The molecule has 7 nitrogen and oxygen atoms in total. The van der Waals surface area contributed by atoms with Crippen LogP contribution in [-0.2, 0) is 18.0 Å². The van der Waals surface area contributed by atoms with Gasteiger partial charge < -0.3 is 17.5 Å². The Morgan fingerprint density at radius 3 is 1.85 bits per heavy atom. The van der Waals surface area contributed by atoms with Crippen LogP contribution in [0.15, 0.2) is 0 Å². The summed E-state index contributed by atoms with van der Waals surface area (Å²) in [6.45, 7) is 1.21. The zero-order valence-corrected chi connectivity index (χ0v) is 13.4. The third kappa shape index (κ3) is 14.3. The summed E-state index contributed by atoms with van der Waals surface area (Å²) in [7, 11) is -9.53. The Kier molecular flexibility index (Phi) is 13.4. The molecule has 0 heterocycles. The van der Waals surface area contributed by atoms with Gasteiger partial charge in [0.1, 0.15) is 0 Å². The Morgan fingerprint density at radius 2 is 1.62 bits per heavy atom. The molecule has 0 aromatic carbocycles. The van der Waals surface area contributed by atoms with Crippen LogP contribution in [0.5, 0.6) is 0 Å². The van der Waals surface area contributed by atoms with E-state index in [1.54, 1.807) is 0 Å². The maximum atomic E-state index is 10.4. The molecule has 0 aliphatic rings. The number of rotatable bonds is 4. The van der Waals surface area contributed by atoms with E-state index in [4.69, 9.17) is 14.7 Å². The van der Waals surface area contributed by atoms with E-state index in [-0.39, 0.29) is 68.6 Å². The summed E-state index contributed by atoms with van der Waals surface area (Å²) in [5, 5.41) is 0. The van der Waals surface area contributed by atoms with Crippen LogP contribution in [0.1, 0.15) is 9.78 Å². The van der Waals surface area contributed by atoms with Gasteiger partial charge in [0.15, 0.2) is 0 Å². The van der Waals surface area contributed by atoms with E-state index >= 15 is 0 Å². The summed E-state index contributed by atoms with van der Waals surface area (Å²) < 4.78 is 27.9. The molecule has 1 unspecified atom stereocenters. The van der Waals surface area contributed by atoms with E-state index in [2.05, 4.69) is 8.83 Å². The van der Waals surface area contributed by atoms with Crippen LogP contribution in [0.2, 0.25) is 0 Å².